The average molecular weight is 436 g/mol. The third-order valence-corrected chi connectivity index (χ3v) is 6.03. The minimum Gasteiger partial charge on any atom is -0.503 e. The number of aliphatic carboxylic acids is 1. The highest BCUT2D eigenvalue weighted by molar-refractivity contribution is 6.30. The summed E-state index contributed by atoms with van der Waals surface area (Å²) in [7, 11) is 0. The van der Waals surface area contributed by atoms with E-state index in [4.69, 9.17) is 11.6 Å². The number of carbonyl (C=O) groups excluding carboxylic acids is 1. The zero-order chi connectivity index (χ0) is 22.5. The monoisotopic (exact) mass is 435 g/mol. The molecule has 0 saturated carbocycles. The van der Waals surface area contributed by atoms with Gasteiger partial charge in [-0.3, -0.25) is 14.2 Å². The summed E-state index contributed by atoms with van der Waals surface area (Å²) < 4.78 is 30.4. The number of aromatic nitrogens is 1. The molecule has 3 rings (SSSR count). The number of aromatic hydroxyl groups is 1. The predicted molar refractivity (Wildman–Crippen MR) is 109 cm³/mol. The van der Waals surface area contributed by atoms with Gasteiger partial charge in [-0.05, 0) is 44.0 Å². The summed E-state index contributed by atoms with van der Waals surface area (Å²) in [6.45, 7) is 6.19. The molecule has 1 atom stereocenters. The number of hydrogen-bond donors (Lipinski definition) is 2. The molecule has 0 fully saturated rings. The van der Waals surface area contributed by atoms with Crippen molar-refractivity contribution in [3.63, 3.8) is 0 Å². The van der Waals surface area contributed by atoms with Gasteiger partial charge in [-0.15, -0.1) is 0 Å². The van der Waals surface area contributed by atoms with Gasteiger partial charge in [-0.1, -0.05) is 25.4 Å². The molecule has 30 heavy (non-hydrogen) atoms. The van der Waals surface area contributed by atoms with Crippen LogP contribution >= 0.6 is 11.6 Å². The van der Waals surface area contributed by atoms with E-state index in [2.05, 4.69) is 0 Å². The molecule has 0 bridgehead atoms. The Hall–Kier alpha value is -2.93. The summed E-state index contributed by atoms with van der Waals surface area (Å²) in [4.78, 5) is 25.5. The number of carboxylic acids is 1. The van der Waals surface area contributed by atoms with Crippen molar-refractivity contribution in [3.8, 4) is 5.75 Å². The molecule has 158 valence electrons. The number of benzene rings is 2. The van der Waals surface area contributed by atoms with E-state index >= 15 is 4.39 Å². The van der Waals surface area contributed by atoms with Gasteiger partial charge >= 0.3 is 5.97 Å². The van der Waals surface area contributed by atoms with Crippen LogP contribution in [0.15, 0.2) is 30.3 Å². The third kappa shape index (κ3) is 3.04. The molecule has 0 saturated heterocycles. The molecule has 0 unspecified atom stereocenters. The van der Waals surface area contributed by atoms with Gasteiger partial charge in [-0.2, -0.15) is 0 Å². The van der Waals surface area contributed by atoms with Crippen LogP contribution in [0.1, 0.15) is 42.4 Å². The van der Waals surface area contributed by atoms with Gasteiger partial charge in [0.25, 0.3) is 5.91 Å². The van der Waals surface area contributed by atoms with E-state index in [0.29, 0.717) is 5.02 Å². The highest BCUT2D eigenvalue weighted by Gasteiger charge is 2.44. The Kier molecular flexibility index (Phi) is 5.37. The molecule has 5 nitrogen and oxygen atoms in total. The summed E-state index contributed by atoms with van der Waals surface area (Å²) in [5.41, 5.74) is -1.42. The van der Waals surface area contributed by atoms with Crippen molar-refractivity contribution in [3.05, 3.63) is 63.8 Å². The topological polar surface area (TPSA) is 79.5 Å². The number of halogens is 3. The molecule has 1 aromatic heterocycles. The van der Waals surface area contributed by atoms with Crippen LogP contribution in [0.25, 0.3) is 10.9 Å². The highest BCUT2D eigenvalue weighted by atomic mass is 35.5. The number of phenolic OH excluding ortho intramolecular Hbond substituents is 1. The first-order valence-corrected chi connectivity index (χ1v) is 9.56. The maximum Gasteiger partial charge on any atom is 0.314 e. The van der Waals surface area contributed by atoms with E-state index in [1.807, 2.05) is 0 Å². The molecule has 0 amide bonds. The molecule has 0 aliphatic rings. The number of hydrogen-bond acceptors (Lipinski definition) is 3. The first kappa shape index (κ1) is 21.8. The summed E-state index contributed by atoms with van der Waals surface area (Å²) >= 11 is 5.87. The summed E-state index contributed by atoms with van der Waals surface area (Å²) in [5, 5.41) is 19.9. The van der Waals surface area contributed by atoms with E-state index in [1.165, 1.54) is 38.1 Å². The molecule has 0 radical (unpaired) electrons. The number of carbonyl (C=O) groups is 2. The van der Waals surface area contributed by atoms with Crippen molar-refractivity contribution >= 4 is 34.4 Å². The van der Waals surface area contributed by atoms with E-state index in [0.717, 1.165) is 10.6 Å². The Bertz CT molecular complexity index is 1180. The highest BCUT2D eigenvalue weighted by Crippen LogP contribution is 2.44. The quantitative estimate of drug-likeness (QED) is 0.584. The zero-order valence-electron chi connectivity index (χ0n) is 16.8. The lowest BCUT2D eigenvalue weighted by Gasteiger charge is -2.30. The summed E-state index contributed by atoms with van der Waals surface area (Å²) in [6, 6.07) is 6.75. The Morgan fingerprint density at radius 2 is 1.73 bits per heavy atom. The van der Waals surface area contributed by atoms with Crippen LogP contribution in [0.5, 0.6) is 5.75 Å². The van der Waals surface area contributed by atoms with Gasteiger partial charge in [0, 0.05) is 33.3 Å². The lowest BCUT2D eigenvalue weighted by atomic mass is 9.72. The van der Waals surface area contributed by atoms with E-state index in [-0.39, 0.29) is 27.7 Å². The zero-order valence-corrected chi connectivity index (χ0v) is 17.5. The summed E-state index contributed by atoms with van der Waals surface area (Å²) in [5.74, 6) is -6.14. The first-order valence-electron chi connectivity index (χ1n) is 9.19. The van der Waals surface area contributed by atoms with Crippen molar-refractivity contribution in [2.75, 3.05) is 0 Å². The SMILES string of the molecule is Cc1c([C@](C)(C(=O)O)C(C)C)c2c(F)c(O)c(F)cc2n1C(=O)c1ccc(Cl)cc1. The van der Waals surface area contributed by atoms with Gasteiger partial charge < -0.3 is 10.2 Å². The third-order valence-electron chi connectivity index (χ3n) is 5.77. The van der Waals surface area contributed by atoms with Crippen LogP contribution in [0.4, 0.5) is 8.78 Å². The van der Waals surface area contributed by atoms with Crippen LogP contribution in [0.2, 0.25) is 5.02 Å². The number of rotatable bonds is 4. The number of fused-ring (bicyclic) bond motifs is 1. The average Bonchev–Trinajstić information content (AvgIpc) is 2.97. The second-order valence-corrected chi connectivity index (χ2v) is 8.12. The van der Waals surface area contributed by atoms with Gasteiger partial charge in [0.15, 0.2) is 17.4 Å². The second kappa shape index (κ2) is 7.40. The number of carboxylic acid groups (broad SMARTS) is 1. The van der Waals surface area contributed by atoms with Crippen molar-refractivity contribution in [1.29, 1.82) is 0 Å². The second-order valence-electron chi connectivity index (χ2n) is 7.69. The smallest absolute Gasteiger partial charge is 0.314 e. The molecule has 0 spiro atoms. The number of nitrogens with zero attached hydrogens (tertiary/aromatic N) is 1. The fourth-order valence-electron chi connectivity index (χ4n) is 3.75. The fourth-order valence-corrected chi connectivity index (χ4v) is 3.87. The van der Waals surface area contributed by atoms with E-state index in [9.17, 15) is 24.2 Å². The Labute approximate surface area is 176 Å². The molecule has 1 heterocycles. The predicted octanol–water partition coefficient (Wildman–Crippen LogP) is 5.27. The number of phenols is 1. The minimum atomic E-state index is -1.61. The van der Waals surface area contributed by atoms with Gasteiger partial charge in [0.05, 0.1) is 10.9 Å². The standard InChI is InChI=1S/C22H20ClF2NO4/c1-10(2)22(4,21(29)30)17-11(3)26(20(28)12-5-7-13(23)8-6-12)15-9-14(24)19(27)18(25)16(15)17/h5-10,27H,1-4H3,(H,29,30)/t22-/m1/s1. The molecular formula is C22H20ClF2NO4. The Morgan fingerprint density at radius 1 is 1.17 bits per heavy atom. The molecule has 8 heteroatoms. The molecule has 3 aromatic rings. The maximum atomic E-state index is 15.1. The first-order chi connectivity index (χ1) is 13.9. The minimum absolute atomic E-state index is 0.00936. The van der Waals surface area contributed by atoms with Gasteiger partial charge in [0.2, 0.25) is 0 Å². The van der Waals surface area contributed by atoms with Crippen LogP contribution in [0.3, 0.4) is 0 Å². The van der Waals surface area contributed by atoms with Crippen molar-refractivity contribution < 1.29 is 28.6 Å². The van der Waals surface area contributed by atoms with Crippen LogP contribution in [0, 0.1) is 24.5 Å². The van der Waals surface area contributed by atoms with Gasteiger partial charge in [-0.25, -0.2) is 8.78 Å². The fraction of sp³-hybridized carbons (Fsp3) is 0.273. The Morgan fingerprint density at radius 3 is 2.23 bits per heavy atom. The lowest BCUT2D eigenvalue weighted by molar-refractivity contribution is -0.145. The molecule has 0 aliphatic heterocycles. The van der Waals surface area contributed by atoms with Crippen molar-refractivity contribution in [2.24, 2.45) is 5.92 Å². The molecule has 0 aliphatic carbocycles. The van der Waals surface area contributed by atoms with Gasteiger partial charge in [0.1, 0.15) is 0 Å². The van der Waals surface area contributed by atoms with Crippen molar-refractivity contribution in [2.45, 2.75) is 33.1 Å². The van der Waals surface area contributed by atoms with E-state index < -0.39 is 40.6 Å². The lowest BCUT2D eigenvalue weighted by Crippen LogP contribution is -2.38. The molecule has 2 N–H and O–H groups in total. The maximum absolute atomic E-state index is 15.1. The van der Waals surface area contributed by atoms with Crippen molar-refractivity contribution in [1.82, 2.24) is 4.57 Å². The van der Waals surface area contributed by atoms with Crippen LogP contribution in [-0.4, -0.2) is 26.7 Å². The largest absolute Gasteiger partial charge is 0.503 e. The summed E-state index contributed by atoms with van der Waals surface area (Å²) in [6.07, 6.45) is 0. The molecule has 2 aromatic carbocycles. The molecular weight excluding hydrogens is 416 g/mol. The van der Waals surface area contributed by atoms with Crippen LogP contribution < -0.4 is 0 Å². The van der Waals surface area contributed by atoms with Crippen LogP contribution in [-0.2, 0) is 10.2 Å². The Balaban J connectivity index is 2.49. The van der Waals surface area contributed by atoms with E-state index in [1.54, 1.807) is 13.8 Å². The normalized spacial score (nSPS) is 13.6.